The first kappa shape index (κ1) is 20.3. The van der Waals surface area contributed by atoms with E-state index in [4.69, 9.17) is 5.11 Å². The van der Waals surface area contributed by atoms with Crippen molar-refractivity contribution in [3.05, 3.63) is 58.2 Å². The molecule has 28 heavy (non-hydrogen) atoms. The van der Waals surface area contributed by atoms with Crippen molar-refractivity contribution in [3.63, 3.8) is 0 Å². The number of rotatable bonds is 6. The Labute approximate surface area is 167 Å². The molecule has 0 spiro atoms. The molecule has 0 radical (unpaired) electrons. The van der Waals surface area contributed by atoms with E-state index in [2.05, 4.69) is 34.7 Å². The number of allylic oxidation sites excluding steroid dienone is 1. The molecule has 1 aromatic carbocycles. The van der Waals surface area contributed by atoms with Crippen LogP contribution in [0.5, 0.6) is 0 Å². The van der Waals surface area contributed by atoms with E-state index in [-0.39, 0.29) is 18.2 Å². The summed E-state index contributed by atoms with van der Waals surface area (Å²) in [5.74, 6) is 7.03. The molecule has 146 valence electrons. The van der Waals surface area contributed by atoms with E-state index >= 15 is 0 Å². The molecule has 0 bridgehead atoms. The summed E-state index contributed by atoms with van der Waals surface area (Å²) in [6.45, 7) is 10.8. The maximum atomic E-state index is 13.1. The molecule has 6 heteroatoms. The number of fused-ring (bicyclic) bond motifs is 1. The van der Waals surface area contributed by atoms with Crippen LogP contribution in [0, 0.1) is 17.8 Å². The molecule has 0 saturated carbocycles. The summed E-state index contributed by atoms with van der Waals surface area (Å²) in [6, 6.07) is 7.90. The average molecular weight is 377 g/mol. The van der Waals surface area contributed by atoms with Gasteiger partial charge in [0, 0.05) is 43.0 Å². The van der Waals surface area contributed by atoms with Crippen LogP contribution in [0.15, 0.2) is 41.3 Å². The van der Waals surface area contributed by atoms with Crippen LogP contribution in [-0.2, 0) is 0 Å². The zero-order valence-electron chi connectivity index (χ0n) is 17.0. The predicted octanol–water partition coefficient (Wildman–Crippen LogP) is 1.25. The quantitative estimate of drug-likeness (QED) is 0.588. The van der Waals surface area contributed by atoms with Gasteiger partial charge in [-0.05, 0) is 37.3 Å². The smallest absolute Gasteiger partial charge is 0.247 e. The number of hydrogen-bond donors (Lipinski definition) is 2. The van der Waals surface area contributed by atoms with Gasteiger partial charge < -0.3 is 19.8 Å². The number of pyridine rings is 1. The molecule has 0 amide bonds. The molecular weight excluding hydrogens is 349 g/mol. The number of nitrogens with zero attached hydrogens (tertiary/aromatic N) is 2. The fourth-order valence-corrected chi connectivity index (χ4v) is 3.85. The molecule has 1 aromatic heterocycles. The molecule has 1 fully saturated rings. The lowest BCUT2D eigenvalue weighted by Crippen LogP contribution is -2.47. The Hall–Kier alpha value is -2.49. The van der Waals surface area contributed by atoms with Crippen molar-refractivity contribution in [2.45, 2.75) is 26.3 Å². The van der Waals surface area contributed by atoms with Crippen molar-refractivity contribution >= 4 is 18.8 Å². The van der Waals surface area contributed by atoms with E-state index in [1.807, 2.05) is 40.0 Å². The van der Waals surface area contributed by atoms with Gasteiger partial charge in [-0.3, -0.25) is 4.79 Å². The van der Waals surface area contributed by atoms with Gasteiger partial charge in [-0.2, -0.15) is 0 Å². The second-order valence-electron chi connectivity index (χ2n) is 7.70. The number of aliphatic hydroxyl groups excluding tert-OH is 1. The molecule has 1 aliphatic rings. The third-order valence-corrected chi connectivity index (χ3v) is 5.28. The topological polar surface area (TPSA) is 57.5 Å². The molecule has 1 aliphatic heterocycles. The summed E-state index contributed by atoms with van der Waals surface area (Å²) < 4.78 is 1.70. The number of hydrogen-bond acceptors (Lipinski definition) is 4. The Morgan fingerprint density at radius 2 is 2.21 bits per heavy atom. The van der Waals surface area contributed by atoms with Crippen LogP contribution in [0.25, 0.3) is 10.8 Å². The highest BCUT2D eigenvalue weighted by molar-refractivity contribution is 6.08. The van der Waals surface area contributed by atoms with Gasteiger partial charge >= 0.3 is 0 Å². The summed E-state index contributed by atoms with van der Waals surface area (Å²) in [6.07, 6.45) is 0.816. The van der Waals surface area contributed by atoms with Crippen LogP contribution in [0.1, 0.15) is 37.6 Å². The van der Waals surface area contributed by atoms with E-state index in [1.165, 1.54) is 0 Å². The highest BCUT2D eigenvalue weighted by Crippen LogP contribution is 2.21. The minimum Gasteiger partial charge on any atom is -0.395 e. The van der Waals surface area contributed by atoms with E-state index in [1.54, 1.807) is 4.48 Å². The van der Waals surface area contributed by atoms with Gasteiger partial charge in [-0.15, -0.1) is 0 Å². The van der Waals surface area contributed by atoms with E-state index in [0.717, 1.165) is 48.4 Å². The third kappa shape index (κ3) is 4.32. The zero-order chi connectivity index (χ0) is 20.3. The lowest BCUT2D eigenvalue weighted by Gasteiger charge is -2.37. The monoisotopic (exact) mass is 377 g/mol. The first-order valence-corrected chi connectivity index (χ1v) is 9.77. The van der Waals surface area contributed by atoms with Gasteiger partial charge in [-0.25, -0.2) is 0 Å². The van der Waals surface area contributed by atoms with Gasteiger partial charge in [0.2, 0.25) is 13.5 Å². The normalized spacial score (nSPS) is 15.5. The van der Waals surface area contributed by atoms with E-state index < -0.39 is 0 Å². The zero-order valence-corrected chi connectivity index (χ0v) is 17.0. The summed E-state index contributed by atoms with van der Waals surface area (Å²) in [5, 5.41) is 13.8. The molecule has 2 heterocycles. The van der Waals surface area contributed by atoms with Crippen molar-refractivity contribution in [3.8, 4) is 11.8 Å². The van der Waals surface area contributed by atoms with Crippen LogP contribution < -0.4 is 10.9 Å². The van der Waals surface area contributed by atoms with E-state index in [0.29, 0.717) is 11.3 Å². The van der Waals surface area contributed by atoms with Crippen molar-refractivity contribution in [1.29, 1.82) is 0 Å². The van der Waals surface area contributed by atoms with Gasteiger partial charge in [-0.1, -0.05) is 30.6 Å². The molecule has 0 unspecified atom stereocenters. The van der Waals surface area contributed by atoms with Crippen LogP contribution in [0.2, 0.25) is 0 Å². The summed E-state index contributed by atoms with van der Waals surface area (Å²) in [5.41, 5.74) is 2.56. The molecule has 1 atom stereocenters. The molecular formula is C22H28BN3O2. The summed E-state index contributed by atoms with van der Waals surface area (Å²) in [7, 11) is 1.81. The molecule has 5 nitrogen and oxygen atoms in total. The van der Waals surface area contributed by atoms with E-state index in [9.17, 15) is 4.79 Å². The molecule has 3 rings (SSSR count). The summed E-state index contributed by atoms with van der Waals surface area (Å²) in [4.78, 5) is 15.3. The number of likely N-dealkylation sites (tertiary alicyclic amines) is 1. The fraction of sp³-hybridized carbons (Fsp3) is 0.409. The first-order chi connectivity index (χ1) is 13.4. The number of aromatic nitrogens is 1. The minimum atomic E-state index is -0.0227. The highest BCUT2D eigenvalue weighted by atomic mass is 16.3. The molecule has 2 N–H and O–H groups in total. The predicted molar refractivity (Wildman–Crippen MR) is 117 cm³/mol. The second kappa shape index (κ2) is 8.68. The number of aliphatic hydroxyl groups is 1. The van der Waals surface area contributed by atoms with Crippen LogP contribution in [0.4, 0.5) is 0 Å². The standard InChI is InChI=1S/C22H28BN3O2/c1-15(2)24-16(3)20-12-19-9-5-8-18(21(19)22(28)26(20)23)7-4-6-17-13-25(14-17)10-11-27/h5,8-9,12,16-17,24,27H,1,6,10-11,13-14,23H2,2-3H3/t16-/m0/s1. The SMILES string of the molecule is Bn1c([C@H](C)NC(=C)C)cc2cccc(C#CCC3CN(CCO)C3)c2c1=O. The van der Waals surface area contributed by atoms with Crippen molar-refractivity contribution in [2.24, 2.45) is 5.92 Å². The Morgan fingerprint density at radius 3 is 2.89 bits per heavy atom. The Bertz CT molecular complexity index is 996. The third-order valence-electron chi connectivity index (χ3n) is 5.28. The Balaban J connectivity index is 1.85. The summed E-state index contributed by atoms with van der Waals surface area (Å²) >= 11 is 0. The van der Waals surface area contributed by atoms with Gasteiger partial charge in [0.1, 0.15) is 0 Å². The van der Waals surface area contributed by atoms with Crippen LogP contribution in [-0.4, -0.2) is 48.7 Å². The van der Waals surface area contributed by atoms with Gasteiger partial charge in [0.15, 0.2) is 0 Å². The fourth-order valence-electron chi connectivity index (χ4n) is 3.85. The minimum absolute atomic E-state index is 0.00479. The lowest BCUT2D eigenvalue weighted by molar-refractivity contribution is 0.0809. The van der Waals surface area contributed by atoms with Crippen LogP contribution in [0.3, 0.4) is 0 Å². The average Bonchev–Trinajstić information content (AvgIpc) is 2.61. The molecule has 1 saturated heterocycles. The first-order valence-electron chi connectivity index (χ1n) is 9.77. The molecule has 0 aliphatic carbocycles. The number of benzene rings is 1. The Morgan fingerprint density at radius 1 is 1.46 bits per heavy atom. The van der Waals surface area contributed by atoms with Gasteiger partial charge in [0.05, 0.1) is 18.0 Å². The number of β-amino-alcohol motifs (C(OH)–C–C–N with tert-alkyl or cyclic N) is 1. The van der Waals surface area contributed by atoms with Crippen molar-refractivity contribution in [2.75, 3.05) is 26.2 Å². The maximum Gasteiger partial charge on any atom is 0.247 e. The highest BCUT2D eigenvalue weighted by Gasteiger charge is 2.24. The second-order valence-corrected chi connectivity index (χ2v) is 7.70. The van der Waals surface area contributed by atoms with Crippen molar-refractivity contribution < 1.29 is 5.11 Å². The number of nitrogens with one attached hydrogen (secondary N) is 1. The largest absolute Gasteiger partial charge is 0.395 e. The lowest BCUT2D eigenvalue weighted by atomic mass is 9.96. The van der Waals surface area contributed by atoms with Crippen LogP contribution >= 0.6 is 0 Å². The molecule has 2 aromatic rings. The van der Waals surface area contributed by atoms with Gasteiger partial charge in [0.25, 0.3) is 0 Å². The van der Waals surface area contributed by atoms with Crippen molar-refractivity contribution in [1.82, 2.24) is 14.7 Å². The Kier molecular flexibility index (Phi) is 6.28. The maximum absolute atomic E-state index is 13.1.